The molecule has 0 aliphatic carbocycles. The van der Waals surface area contributed by atoms with Crippen LogP contribution in [0.25, 0.3) is 11.4 Å². The van der Waals surface area contributed by atoms with E-state index in [1.54, 1.807) is 0 Å². The van der Waals surface area contributed by atoms with Crippen molar-refractivity contribution in [3.63, 3.8) is 0 Å². The lowest BCUT2D eigenvalue weighted by molar-refractivity contribution is 0.787. The van der Waals surface area contributed by atoms with Crippen molar-refractivity contribution in [1.29, 1.82) is 0 Å². The molecule has 0 aliphatic rings. The molecule has 0 spiro atoms. The van der Waals surface area contributed by atoms with Crippen molar-refractivity contribution in [1.82, 2.24) is 15.3 Å². The number of aromatic nitrogens is 2. The molecule has 0 saturated carbocycles. The zero-order chi connectivity index (χ0) is 14.5. The van der Waals surface area contributed by atoms with Crippen LogP contribution in [0.15, 0.2) is 29.2 Å². The second-order valence-corrected chi connectivity index (χ2v) is 6.02. The van der Waals surface area contributed by atoms with E-state index < -0.39 is 0 Å². The van der Waals surface area contributed by atoms with Gasteiger partial charge in [-0.3, -0.25) is 0 Å². The van der Waals surface area contributed by atoms with Gasteiger partial charge in [-0.25, -0.2) is 9.97 Å². The average molecular weight is 287 g/mol. The van der Waals surface area contributed by atoms with Gasteiger partial charge < -0.3 is 5.32 Å². The summed E-state index contributed by atoms with van der Waals surface area (Å²) in [6, 6.07) is 8.48. The Morgan fingerprint density at radius 1 is 1.05 bits per heavy atom. The van der Waals surface area contributed by atoms with Crippen LogP contribution in [0.3, 0.4) is 0 Å². The maximum absolute atomic E-state index is 4.64. The molecule has 0 saturated heterocycles. The third kappa shape index (κ3) is 3.38. The lowest BCUT2D eigenvalue weighted by Gasteiger charge is -2.10. The second-order valence-electron chi connectivity index (χ2n) is 4.68. The van der Waals surface area contributed by atoms with Gasteiger partial charge in [-0.1, -0.05) is 19.1 Å². The van der Waals surface area contributed by atoms with E-state index in [2.05, 4.69) is 46.5 Å². The predicted molar refractivity (Wildman–Crippen MR) is 86.1 cm³/mol. The topological polar surface area (TPSA) is 37.8 Å². The molecule has 20 heavy (non-hydrogen) atoms. The predicted octanol–water partition coefficient (Wildman–Crippen LogP) is 3.59. The summed E-state index contributed by atoms with van der Waals surface area (Å²) in [7, 11) is 1.94. The number of hydrogen-bond donors (Lipinski definition) is 1. The molecule has 0 unspecified atom stereocenters. The fourth-order valence-corrected chi connectivity index (χ4v) is 2.83. The highest BCUT2D eigenvalue weighted by molar-refractivity contribution is 7.99. The van der Waals surface area contributed by atoms with E-state index in [1.807, 2.05) is 32.7 Å². The summed E-state index contributed by atoms with van der Waals surface area (Å²) in [6.07, 6.45) is 0. The Labute approximate surface area is 125 Å². The first-order valence-corrected chi connectivity index (χ1v) is 7.86. The minimum Gasteiger partial charge on any atom is -0.316 e. The van der Waals surface area contributed by atoms with Gasteiger partial charge in [0.15, 0.2) is 5.82 Å². The standard InChI is InChI=1S/C16H21N3S/c1-5-20-14-8-6-13(7-9-14)16-18-11(2)15(10-17-4)12(3)19-16/h6-9,17H,5,10H2,1-4H3. The summed E-state index contributed by atoms with van der Waals surface area (Å²) in [5.74, 6) is 1.90. The maximum Gasteiger partial charge on any atom is 0.159 e. The molecule has 1 heterocycles. The Morgan fingerprint density at radius 3 is 2.15 bits per heavy atom. The highest BCUT2D eigenvalue weighted by atomic mass is 32.2. The van der Waals surface area contributed by atoms with Gasteiger partial charge in [0.2, 0.25) is 0 Å². The number of thioether (sulfide) groups is 1. The second kappa shape index (κ2) is 6.86. The zero-order valence-corrected chi connectivity index (χ0v) is 13.3. The van der Waals surface area contributed by atoms with Crippen LogP contribution in [-0.2, 0) is 6.54 Å². The van der Waals surface area contributed by atoms with Crippen LogP contribution < -0.4 is 5.32 Å². The van der Waals surface area contributed by atoms with Gasteiger partial charge in [-0.2, -0.15) is 0 Å². The Hall–Kier alpha value is -1.39. The molecule has 0 amide bonds. The van der Waals surface area contributed by atoms with Crippen LogP contribution >= 0.6 is 11.8 Å². The number of nitrogens with zero attached hydrogens (tertiary/aromatic N) is 2. The number of aryl methyl sites for hydroxylation is 2. The minimum atomic E-state index is 0.810. The number of nitrogens with one attached hydrogen (secondary N) is 1. The average Bonchev–Trinajstić information content (AvgIpc) is 2.44. The zero-order valence-electron chi connectivity index (χ0n) is 12.5. The van der Waals surface area contributed by atoms with Crippen molar-refractivity contribution in [3.8, 4) is 11.4 Å². The third-order valence-electron chi connectivity index (χ3n) is 3.20. The molecule has 0 atom stereocenters. The number of benzene rings is 1. The van der Waals surface area contributed by atoms with Crippen LogP contribution in [0.4, 0.5) is 0 Å². The van der Waals surface area contributed by atoms with Crippen molar-refractivity contribution in [3.05, 3.63) is 41.2 Å². The van der Waals surface area contributed by atoms with Crippen molar-refractivity contribution in [2.75, 3.05) is 12.8 Å². The van der Waals surface area contributed by atoms with E-state index in [1.165, 1.54) is 10.5 Å². The van der Waals surface area contributed by atoms with E-state index in [4.69, 9.17) is 0 Å². The minimum absolute atomic E-state index is 0.810. The summed E-state index contributed by atoms with van der Waals surface area (Å²) >= 11 is 1.85. The molecule has 3 nitrogen and oxygen atoms in total. The normalized spacial score (nSPS) is 10.8. The van der Waals surface area contributed by atoms with Gasteiger partial charge in [0.25, 0.3) is 0 Å². The molecule has 2 rings (SSSR count). The van der Waals surface area contributed by atoms with Gasteiger partial charge >= 0.3 is 0 Å². The van der Waals surface area contributed by atoms with Gasteiger partial charge in [-0.05, 0) is 38.8 Å². The van der Waals surface area contributed by atoms with Gasteiger partial charge in [0.05, 0.1) is 0 Å². The summed E-state index contributed by atoms with van der Waals surface area (Å²) in [4.78, 5) is 10.6. The largest absolute Gasteiger partial charge is 0.316 e. The Morgan fingerprint density at radius 2 is 1.65 bits per heavy atom. The molecule has 4 heteroatoms. The summed E-state index contributed by atoms with van der Waals surface area (Å²) in [5.41, 5.74) is 4.37. The van der Waals surface area contributed by atoms with Gasteiger partial charge in [0, 0.05) is 34.0 Å². The Balaban J connectivity index is 2.33. The molecule has 2 aromatic rings. The fraction of sp³-hybridized carbons (Fsp3) is 0.375. The highest BCUT2D eigenvalue weighted by Gasteiger charge is 2.09. The van der Waals surface area contributed by atoms with Crippen LogP contribution in [0.5, 0.6) is 0 Å². The van der Waals surface area contributed by atoms with Crippen LogP contribution in [-0.4, -0.2) is 22.8 Å². The van der Waals surface area contributed by atoms with E-state index in [0.29, 0.717) is 0 Å². The molecular formula is C16H21N3S. The van der Waals surface area contributed by atoms with Crippen molar-refractivity contribution < 1.29 is 0 Å². The first kappa shape index (κ1) is 15.0. The Bertz CT molecular complexity index is 556. The van der Waals surface area contributed by atoms with E-state index in [9.17, 15) is 0 Å². The van der Waals surface area contributed by atoms with Crippen molar-refractivity contribution in [2.45, 2.75) is 32.2 Å². The quantitative estimate of drug-likeness (QED) is 0.853. The third-order valence-corrected chi connectivity index (χ3v) is 4.09. The summed E-state index contributed by atoms with van der Waals surface area (Å²) in [6.45, 7) is 7.07. The van der Waals surface area contributed by atoms with Crippen molar-refractivity contribution >= 4 is 11.8 Å². The molecule has 0 aliphatic heterocycles. The van der Waals surface area contributed by atoms with Gasteiger partial charge in [0.1, 0.15) is 0 Å². The van der Waals surface area contributed by atoms with E-state index in [-0.39, 0.29) is 0 Å². The van der Waals surface area contributed by atoms with Crippen LogP contribution in [0.2, 0.25) is 0 Å². The fourth-order valence-electron chi connectivity index (χ4n) is 2.17. The SMILES string of the molecule is CCSc1ccc(-c2nc(C)c(CNC)c(C)n2)cc1. The molecular weight excluding hydrogens is 266 g/mol. The van der Waals surface area contributed by atoms with Crippen LogP contribution in [0, 0.1) is 13.8 Å². The van der Waals surface area contributed by atoms with Crippen LogP contribution in [0.1, 0.15) is 23.9 Å². The molecule has 106 valence electrons. The molecule has 1 aromatic heterocycles. The highest BCUT2D eigenvalue weighted by Crippen LogP contribution is 2.23. The lowest BCUT2D eigenvalue weighted by Crippen LogP contribution is -2.11. The lowest BCUT2D eigenvalue weighted by atomic mass is 10.1. The maximum atomic E-state index is 4.64. The smallest absolute Gasteiger partial charge is 0.159 e. The first-order chi connectivity index (χ1) is 9.65. The van der Waals surface area contributed by atoms with E-state index in [0.717, 1.165) is 35.1 Å². The van der Waals surface area contributed by atoms with Crippen molar-refractivity contribution in [2.24, 2.45) is 0 Å². The summed E-state index contributed by atoms with van der Waals surface area (Å²) in [5, 5.41) is 3.16. The molecule has 0 radical (unpaired) electrons. The monoisotopic (exact) mass is 287 g/mol. The number of rotatable bonds is 5. The van der Waals surface area contributed by atoms with Gasteiger partial charge in [-0.15, -0.1) is 11.8 Å². The molecule has 1 N–H and O–H groups in total. The molecule has 0 bridgehead atoms. The molecule has 0 fully saturated rings. The molecule has 1 aromatic carbocycles. The number of hydrogen-bond acceptors (Lipinski definition) is 4. The van der Waals surface area contributed by atoms with E-state index >= 15 is 0 Å². The Kier molecular flexibility index (Phi) is 5.15. The summed E-state index contributed by atoms with van der Waals surface area (Å²) < 4.78 is 0. The first-order valence-electron chi connectivity index (χ1n) is 6.87.